The van der Waals surface area contributed by atoms with Crippen molar-refractivity contribution in [3.8, 4) is 5.75 Å². The Hall–Kier alpha value is -3.43. The lowest BCUT2D eigenvalue weighted by Gasteiger charge is -2.39. The average molecular weight is 468 g/mol. The van der Waals surface area contributed by atoms with Crippen molar-refractivity contribution in [1.29, 1.82) is 0 Å². The Bertz CT molecular complexity index is 1090. The molecule has 0 aliphatic carbocycles. The van der Waals surface area contributed by atoms with Crippen molar-refractivity contribution in [1.82, 2.24) is 4.90 Å². The molecule has 2 amide bonds. The van der Waals surface area contributed by atoms with E-state index in [1.165, 1.54) is 17.0 Å². The number of carbonyl (C=O) groups is 3. The van der Waals surface area contributed by atoms with Crippen LogP contribution < -0.4 is 14.5 Å². The number of anilines is 2. The van der Waals surface area contributed by atoms with Gasteiger partial charge in [-0.05, 0) is 38.1 Å². The van der Waals surface area contributed by atoms with Gasteiger partial charge in [0.05, 0.1) is 49.3 Å². The smallest absolute Gasteiger partial charge is 0.335 e. The molecule has 9 nitrogen and oxygen atoms in total. The molecular weight excluding hydrogens is 438 g/mol. The van der Waals surface area contributed by atoms with E-state index in [9.17, 15) is 19.5 Å². The number of para-hydroxylation sites is 1. The van der Waals surface area contributed by atoms with Gasteiger partial charge in [-0.15, -0.1) is 0 Å². The Balaban J connectivity index is 1.66. The van der Waals surface area contributed by atoms with Crippen LogP contribution in [0.2, 0.25) is 0 Å². The summed E-state index contributed by atoms with van der Waals surface area (Å²) in [7, 11) is 1.57. The van der Waals surface area contributed by atoms with Crippen molar-refractivity contribution < 1.29 is 29.0 Å². The Labute approximate surface area is 198 Å². The molecule has 9 heteroatoms. The number of carboxylic acid groups (broad SMARTS) is 1. The van der Waals surface area contributed by atoms with Crippen LogP contribution in [0.5, 0.6) is 5.75 Å². The Morgan fingerprint density at radius 1 is 1.09 bits per heavy atom. The third-order valence-corrected chi connectivity index (χ3v) is 6.07. The quantitative estimate of drug-likeness (QED) is 0.696. The van der Waals surface area contributed by atoms with Crippen molar-refractivity contribution >= 4 is 29.2 Å². The van der Waals surface area contributed by atoms with E-state index in [4.69, 9.17) is 9.47 Å². The van der Waals surface area contributed by atoms with E-state index in [1.54, 1.807) is 18.1 Å². The Morgan fingerprint density at radius 2 is 1.79 bits per heavy atom. The molecular formula is C25H29N3O6. The molecule has 1 saturated heterocycles. The van der Waals surface area contributed by atoms with E-state index in [0.717, 1.165) is 5.56 Å². The highest BCUT2D eigenvalue weighted by molar-refractivity contribution is 6.12. The maximum atomic E-state index is 13.3. The van der Waals surface area contributed by atoms with Gasteiger partial charge in [-0.3, -0.25) is 19.4 Å². The van der Waals surface area contributed by atoms with Gasteiger partial charge in [0.25, 0.3) is 0 Å². The zero-order valence-electron chi connectivity index (χ0n) is 19.6. The number of fused-ring (bicyclic) bond motifs is 1. The molecule has 2 heterocycles. The summed E-state index contributed by atoms with van der Waals surface area (Å²) in [5, 5.41) is 9.53. The topological polar surface area (TPSA) is 99.6 Å². The predicted molar refractivity (Wildman–Crippen MR) is 126 cm³/mol. The number of carboxylic acids is 1. The van der Waals surface area contributed by atoms with Crippen LogP contribution in [0.1, 0.15) is 29.8 Å². The third-order valence-electron chi connectivity index (χ3n) is 6.07. The maximum Gasteiger partial charge on any atom is 0.335 e. The molecule has 0 bridgehead atoms. The van der Waals surface area contributed by atoms with Gasteiger partial charge in [-0.2, -0.15) is 0 Å². The van der Waals surface area contributed by atoms with Gasteiger partial charge in [0.1, 0.15) is 12.3 Å². The van der Waals surface area contributed by atoms with Crippen molar-refractivity contribution in [2.75, 3.05) is 43.1 Å². The largest absolute Gasteiger partial charge is 0.496 e. The number of rotatable bonds is 6. The van der Waals surface area contributed by atoms with E-state index >= 15 is 0 Å². The first-order chi connectivity index (χ1) is 16.3. The Morgan fingerprint density at radius 3 is 2.47 bits per heavy atom. The van der Waals surface area contributed by atoms with Gasteiger partial charge in [0.15, 0.2) is 0 Å². The van der Waals surface area contributed by atoms with Gasteiger partial charge >= 0.3 is 5.97 Å². The highest BCUT2D eigenvalue weighted by Crippen LogP contribution is 2.36. The first-order valence-electron chi connectivity index (χ1n) is 11.2. The van der Waals surface area contributed by atoms with Crippen LogP contribution in [-0.2, 0) is 20.9 Å². The molecule has 180 valence electrons. The second kappa shape index (κ2) is 9.82. The van der Waals surface area contributed by atoms with E-state index in [-0.39, 0.29) is 49.2 Å². The molecule has 0 saturated carbocycles. The van der Waals surface area contributed by atoms with Crippen molar-refractivity contribution in [2.24, 2.45) is 0 Å². The Kier molecular flexibility index (Phi) is 6.85. The molecule has 2 aliphatic heterocycles. The molecule has 2 atom stereocenters. The first-order valence-corrected chi connectivity index (χ1v) is 11.2. The summed E-state index contributed by atoms with van der Waals surface area (Å²) in [4.78, 5) is 43.2. The number of ether oxygens (including phenoxy) is 2. The van der Waals surface area contributed by atoms with Gasteiger partial charge < -0.3 is 19.5 Å². The fraction of sp³-hybridized carbons (Fsp3) is 0.400. The van der Waals surface area contributed by atoms with Gasteiger partial charge in [0, 0.05) is 18.7 Å². The van der Waals surface area contributed by atoms with Crippen LogP contribution in [0.15, 0.2) is 42.5 Å². The molecule has 1 fully saturated rings. The van der Waals surface area contributed by atoms with Crippen LogP contribution >= 0.6 is 0 Å². The summed E-state index contributed by atoms with van der Waals surface area (Å²) >= 11 is 0. The van der Waals surface area contributed by atoms with Gasteiger partial charge in [0.2, 0.25) is 11.8 Å². The molecule has 0 radical (unpaired) electrons. The third kappa shape index (κ3) is 4.90. The zero-order chi connectivity index (χ0) is 24.4. The number of methoxy groups -OCH3 is 1. The summed E-state index contributed by atoms with van der Waals surface area (Å²) < 4.78 is 11.2. The number of aromatic carboxylic acids is 1. The number of carbonyl (C=O) groups excluding carboxylic acids is 2. The highest BCUT2D eigenvalue weighted by Gasteiger charge is 2.35. The van der Waals surface area contributed by atoms with Crippen molar-refractivity contribution in [3.63, 3.8) is 0 Å². The summed E-state index contributed by atoms with van der Waals surface area (Å²) in [5.41, 5.74) is 1.76. The van der Waals surface area contributed by atoms with E-state index in [1.807, 2.05) is 43.0 Å². The average Bonchev–Trinajstić information content (AvgIpc) is 2.79. The minimum atomic E-state index is -1.10. The normalized spacial score (nSPS) is 20.7. The summed E-state index contributed by atoms with van der Waals surface area (Å²) in [6, 6.07) is 11.9. The molecule has 2 aliphatic rings. The molecule has 2 aromatic carbocycles. The second-order valence-electron chi connectivity index (χ2n) is 8.73. The number of hydrogen-bond donors (Lipinski definition) is 1. The minimum Gasteiger partial charge on any atom is -0.496 e. The molecule has 4 rings (SSSR count). The fourth-order valence-corrected chi connectivity index (χ4v) is 4.63. The van der Waals surface area contributed by atoms with Gasteiger partial charge in [-0.1, -0.05) is 18.2 Å². The lowest BCUT2D eigenvalue weighted by molar-refractivity contribution is -0.126. The molecule has 2 unspecified atom stereocenters. The number of hydrogen-bond acceptors (Lipinski definition) is 6. The van der Waals surface area contributed by atoms with Crippen LogP contribution in [0.4, 0.5) is 11.4 Å². The van der Waals surface area contributed by atoms with E-state index in [2.05, 4.69) is 0 Å². The molecule has 34 heavy (non-hydrogen) atoms. The summed E-state index contributed by atoms with van der Waals surface area (Å²) in [5.74, 6) is -0.957. The van der Waals surface area contributed by atoms with E-state index in [0.29, 0.717) is 30.2 Å². The molecule has 0 spiro atoms. The van der Waals surface area contributed by atoms with Crippen LogP contribution in [-0.4, -0.2) is 73.3 Å². The van der Waals surface area contributed by atoms with Crippen LogP contribution in [0.25, 0.3) is 0 Å². The molecule has 2 aromatic rings. The maximum absolute atomic E-state index is 13.3. The van der Waals surface area contributed by atoms with Gasteiger partial charge in [-0.25, -0.2) is 4.79 Å². The van der Waals surface area contributed by atoms with E-state index < -0.39 is 5.97 Å². The molecule has 1 N–H and O–H groups in total. The summed E-state index contributed by atoms with van der Waals surface area (Å²) in [6.07, 6.45) is 0.00330. The molecule has 0 aromatic heterocycles. The number of morpholine rings is 1. The number of nitrogens with zero attached hydrogens (tertiary/aromatic N) is 3. The second-order valence-corrected chi connectivity index (χ2v) is 8.73. The lowest BCUT2D eigenvalue weighted by atomic mass is 10.1. The predicted octanol–water partition coefficient (Wildman–Crippen LogP) is 2.38. The van der Waals surface area contributed by atoms with Crippen molar-refractivity contribution in [2.45, 2.75) is 32.6 Å². The summed E-state index contributed by atoms with van der Waals surface area (Å²) in [6.45, 7) is 5.33. The minimum absolute atomic E-state index is 0.00165. The SMILES string of the molecule is COc1ccccc1CN1C(=O)CN(C(=O)CN2CC(C)OC(C)C2)c2cc(C(=O)O)ccc21. The number of benzene rings is 2. The monoisotopic (exact) mass is 467 g/mol. The van der Waals surface area contributed by atoms with Crippen molar-refractivity contribution in [3.05, 3.63) is 53.6 Å². The fourth-order valence-electron chi connectivity index (χ4n) is 4.63. The first kappa shape index (κ1) is 23.7. The van der Waals surface area contributed by atoms with Crippen LogP contribution in [0, 0.1) is 0 Å². The zero-order valence-corrected chi connectivity index (χ0v) is 19.6. The number of amides is 2. The lowest BCUT2D eigenvalue weighted by Crippen LogP contribution is -2.53. The standard InChI is InChI=1S/C25H29N3O6/c1-16-11-26(12-17(2)34-16)14-23(29)28-15-24(30)27(13-19-6-4-5-7-22(19)33-3)20-9-8-18(25(31)32)10-21(20)28/h4-10,16-17H,11-15H2,1-3H3,(H,31,32). The highest BCUT2D eigenvalue weighted by atomic mass is 16.5. The van der Waals surface area contributed by atoms with Crippen LogP contribution in [0.3, 0.4) is 0 Å².